The van der Waals surface area contributed by atoms with Crippen molar-refractivity contribution in [1.29, 1.82) is 0 Å². The standard InChI is InChI=1S/C14H11Cl2N3OS/c15-9-3-1-2-4-11(9)18-14(20)19-12-7-8(13(17)21)5-6-10(12)16/h1-7H,(H2,17,21)(H2,18,19,20). The van der Waals surface area contributed by atoms with Gasteiger partial charge in [0.2, 0.25) is 0 Å². The molecule has 0 heterocycles. The Balaban J connectivity index is 2.15. The van der Waals surface area contributed by atoms with E-state index in [-0.39, 0.29) is 4.99 Å². The van der Waals surface area contributed by atoms with E-state index in [1.165, 1.54) is 0 Å². The molecule has 21 heavy (non-hydrogen) atoms. The summed E-state index contributed by atoms with van der Waals surface area (Å²) in [7, 11) is 0. The summed E-state index contributed by atoms with van der Waals surface area (Å²) in [5.41, 5.74) is 7.07. The van der Waals surface area contributed by atoms with Crippen LogP contribution >= 0.6 is 35.4 Å². The van der Waals surface area contributed by atoms with Crippen LogP contribution in [0.5, 0.6) is 0 Å². The smallest absolute Gasteiger partial charge is 0.323 e. The summed E-state index contributed by atoms with van der Waals surface area (Å²) in [6, 6.07) is 11.3. The highest BCUT2D eigenvalue weighted by atomic mass is 35.5. The number of carbonyl (C=O) groups excluding carboxylic acids is 1. The van der Waals surface area contributed by atoms with E-state index in [0.29, 0.717) is 27.0 Å². The molecule has 0 unspecified atom stereocenters. The van der Waals surface area contributed by atoms with Gasteiger partial charge < -0.3 is 16.4 Å². The lowest BCUT2D eigenvalue weighted by Crippen LogP contribution is -2.20. The minimum atomic E-state index is -0.468. The zero-order valence-corrected chi connectivity index (χ0v) is 13.0. The quantitative estimate of drug-likeness (QED) is 0.731. The third-order valence-corrected chi connectivity index (χ3v) is 3.52. The van der Waals surface area contributed by atoms with Gasteiger partial charge in [-0.15, -0.1) is 0 Å². The van der Waals surface area contributed by atoms with Crippen LogP contribution in [0.25, 0.3) is 0 Å². The molecule has 2 rings (SSSR count). The van der Waals surface area contributed by atoms with E-state index in [4.69, 9.17) is 41.2 Å². The average Bonchev–Trinajstić information content (AvgIpc) is 2.43. The van der Waals surface area contributed by atoms with E-state index in [9.17, 15) is 4.79 Å². The largest absolute Gasteiger partial charge is 0.389 e. The average molecular weight is 340 g/mol. The van der Waals surface area contributed by atoms with Crippen LogP contribution in [-0.2, 0) is 0 Å². The molecule has 0 fully saturated rings. The molecule has 0 spiro atoms. The molecule has 0 radical (unpaired) electrons. The first-order valence-corrected chi connectivity index (χ1v) is 7.05. The number of hydrogen-bond acceptors (Lipinski definition) is 2. The first-order valence-electron chi connectivity index (χ1n) is 5.89. The second kappa shape index (κ2) is 6.76. The highest BCUT2D eigenvalue weighted by Gasteiger charge is 2.09. The van der Waals surface area contributed by atoms with Crippen molar-refractivity contribution < 1.29 is 4.79 Å². The molecule has 2 aromatic rings. The molecule has 7 heteroatoms. The third kappa shape index (κ3) is 4.07. The molecular weight excluding hydrogens is 329 g/mol. The molecule has 0 atom stereocenters. The topological polar surface area (TPSA) is 67.1 Å². The number of nitrogens with one attached hydrogen (secondary N) is 2. The van der Waals surface area contributed by atoms with Crippen molar-refractivity contribution in [1.82, 2.24) is 0 Å². The maximum Gasteiger partial charge on any atom is 0.323 e. The monoisotopic (exact) mass is 339 g/mol. The zero-order chi connectivity index (χ0) is 15.4. The van der Waals surface area contributed by atoms with E-state index in [1.807, 2.05) is 0 Å². The number of carbonyl (C=O) groups is 1. The van der Waals surface area contributed by atoms with Crippen molar-refractivity contribution in [3.63, 3.8) is 0 Å². The second-order valence-electron chi connectivity index (χ2n) is 4.12. The van der Waals surface area contributed by atoms with Gasteiger partial charge in [0.15, 0.2) is 0 Å². The molecule has 4 nitrogen and oxygen atoms in total. The fourth-order valence-electron chi connectivity index (χ4n) is 1.61. The van der Waals surface area contributed by atoms with Crippen LogP contribution in [-0.4, -0.2) is 11.0 Å². The van der Waals surface area contributed by atoms with Gasteiger partial charge in [0, 0.05) is 5.56 Å². The van der Waals surface area contributed by atoms with Gasteiger partial charge in [0.1, 0.15) is 4.99 Å². The van der Waals surface area contributed by atoms with E-state index in [0.717, 1.165) is 0 Å². The van der Waals surface area contributed by atoms with Crippen LogP contribution in [0.4, 0.5) is 16.2 Å². The van der Waals surface area contributed by atoms with Crippen molar-refractivity contribution in [2.24, 2.45) is 5.73 Å². The first-order chi connectivity index (χ1) is 9.97. The molecule has 0 aliphatic carbocycles. The van der Waals surface area contributed by atoms with Crippen LogP contribution in [0.2, 0.25) is 10.0 Å². The molecular formula is C14H11Cl2N3OS. The molecule has 4 N–H and O–H groups in total. The van der Waals surface area contributed by atoms with E-state index in [1.54, 1.807) is 42.5 Å². The highest BCUT2D eigenvalue weighted by Crippen LogP contribution is 2.24. The molecule has 2 amide bonds. The Morgan fingerprint density at radius 2 is 1.62 bits per heavy atom. The van der Waals surface area contributed by atoms with Gasteiger partial charge in [-0.05, 0) is 24.3 Å². The third-order valence-electron chi connectivity index (χ3n) is 2.62. The number of anilines is 2. The van der Waals surface area contributed by atoms with E-state index in [2.05, 4.69) is 10.6 Å². The number of halogens is 2. The van der Waals surface area contributed by atoms with E-state index >= 15 is 0 Å². The summed E-state index contributed by atoms with van der Waals surface area (Å²) in [5, 5.41) is 6.07. The van der Waals surface area contributed by atoms with Gasteiger partial charge >= 0.3 is 6.03 Å². The van der Waals surface area contributed by atoms with Gasteiger partial charge in [0.25, 0.3) is 0 Å². The SMILES string of the molecule is NC(=S)c1ccc(Cl)c(NC(=O)Nc2ccccc2Cl)c1. The van der Waals surface area contributed by atoms with Crippen molar-refractivity contribution in [2.45, 2.75) is 0 Å². The normalized spacial score (nSPS) is 10.0. The Morgan fingerprint density at radius 3 is 2.29 bits per heavy atom. The van der Waals surface area contributed by atoms with E-state index < -0.39 is 6.03 Å². The van der Waals surface area contributed by atoms with Crippen LogP contribution < -0.4 is 16.4 Å². The second-order valence-corrected chi connectivity index (χ2v) is 5.37. The Bertz CT molecular complexity index is 706. The number of benzene rings is 2. The number of nitrogens with two attached hydrogens (primary N) is 1. The summed E-state index contributed by atoms with van der Waals surface area (Å²) >= 11 is 16.9. The van der Waals surface area contributed by atoms with Crippen molar-refractivity contribution >= 4 is 57.8 Å². The van der Waals surface area contributed by atoms with Crippen molar-refractivity contribution in [3.05, 3.63) is 58.1 Å². The van der Waals surface area contributed by atoms with Crippen molar-refractivity contribution in [3.8, 4) is 0 Å². The molecule has 0 bridgehead atoms. The lowest BCUT2D eigenvalue weighted by molar-refractivity contribution is 0.262. The maximum absolute atomic E-state index is 12.0. The molecule has 0 saturated carbocycles. The molecule has 0 saturated heterocycles. The Kier molecular flexibility index (Phi) is 5.01. The minimum absolute atomic E-state index is 0.223. The van der Waals surface area contributed by atoms with Gasteiger partial charge in [0.05, 0.1) is 21.4 Å². The van der Waals surface area contributed by atoms with Crippen LogP contribution in [0.3, 0.4) is 0 Å². The number of para-hydroxylation sites is 1. The fourth-order valence-corrected chi connectivity index (χ4v) is 2.09. The molecule has 108 valence electrons. The number of urea groups is 1. The Hall–Kier alpha value is -1.82. The van der Waals surface area contributed by atoms with Gasteiger partial charge in [-0.25, -0.2) is 4.79 Å². The highest BCUT2D eigenvalue weighted by molar-refractivity contribution is 7.80. The van der Waals surface area contributed by atoms with Gasteiger partial charge in [-0.3, -0.25) is 0 Å². The minimum Gasteiger partial charge on any atom is -0.389 e. The molecule has 0 aromatic heterocycles. The molecule has 2 aromatic carbocycles. The lowest BCUT2D eigenvalue weighted by atomic mass is 10.2. The van der Waals surface area contributed by atoms with Crippen LogP contribution in [0, 0.1) is 0 Å². The van der Waals surface area contributed by atoms with Crippen molar-refractivity contribution in [2.75, 3.05) is 10.6 Å². The molecule has 0 aliphatic rings. The predicted molar refractivity (Wildman–Crippen MR) is 91.4 cm³/mol. The number of amides is 2. The fraction of sp³-hybridized carbons (Fsp3) is 0. The van der Waals surface area contributed by atoms with Crippen LogP contribution in [0.1, 0.15) is 5.56 Å². The summed E-state index contributed by atoms with van der Waals surface area (Å²) in [4.78, 5) is 12.2. The summed E-state index contributed by atoms with van der Waals surface area (Å²) in [6.07, 6.45) is 0. The summed E-state index contributed by atoms with van der Waals surface area (Å²) < 4.78 is 0. The van der Waals surface area contributed by atoms with Gasteiger partial charge in [-0.1, -0.05) is 53.6 Å². The Labute approximate surface area is 137 Å². The predicted octanol–water partition coefficient (Wildman–Crippen LogP) is 4.27. The number of thiocarbonyl (C=S) groups is 1. The lowest BCUT2D eigenvalue weighted by Gasteiger charge is -2.11. The Morgan fingerprint density at radius 1 is 1.00 bits per heavy atom. The summed E-state index contributed by atoms with van der Waals surface area (Å²) in [6.45, 7) is 0. The number of hydrogen-bond donors (Lipinski definition) is 3. The first kappa shape index (κ1) is 15.6. The number of rotatable bonds is 3. The zero-order valence-electron chi connectivity index (χ0n) is 10.7. The maximum atomic E-state index is 12.0. The molecule has 0 aliphatic heterocycles. The summed E-state index contributed by atoms with van der Waals surface area (Å²) in [5.74, 6) is 0. The van der Waals surface area contributed by atoms with Gasteiger partial charge in [-0.2, -0.15) is 0 Å². The van der Waals surface area contributed by atoms with Crippen LogP contribution in [0.15, 0.2) is 42.5 Å².